The van der Waals surface area contributed by atoms with Crippen molar-refractivity contribution in [1.82, 2.24) is 10.3 Å². The number of nitrogens with two attached hydrogens (primary N) is 1. The number of hydrogen-bond acceptors (Lipinski definition) is 5. The lowest BCUT2D eigenvalue weighted by Crippen LogP contribution is -2.40. The van der Waals surface area contributed by atoms with E-state index in [0.717, 1.165) is 10.0 Å². The van der Waals surface area contributed by atoms with E-state index >= 15 is 0 Å². The second-order valence-corrected chi connectivity index (χ2v) is 6.60. The summed E-state index contributed by atoms with van der Waals surface area (Å²) in [6.45, 7) is 3.16. The molecule has 0 fully saturated rings. The molecule has 2 heterocycles. The van der Waals surface area contributed by atoms with Crippen molar-refractivity contribution in [3.8, 4) is 11.3 Å². The normalized spacial score (nSPS) is 21.6. The summed E-state index contributed by atoms with van der Waals surface area (Å²) in [5.41, 5.74) is 7.09. The lowest BCUT2D eigenvalue weighted by Gasteiger charge is -2.24. The molecule has 0 bridgehead atoms. The van der Waals surface area contributed by atoms with Crippen LogP contribution in [0.5, 0.6) is 0 Å². The number of benzene rings is 1. The number of oxazole rings is 1. The average Bonchev–Trinajstić information content (AvgIpc) is 3.03. The maximum absolute atomic E-state index is 12.9. The monoisotopic (exact) mass is 373 g/mol. The lowest BCUT2D eigenvalue weighted by molar-refractivity contribution is -0.124. The van der Waals surface area contributed by atoms with Crippen LogP contribution in [0.4, 0.5) is 6.01 Å². The predicted octanol–water partition coefficient (Wildman–Crippen LogP) is 2.28. The smallest absolute Gasteiger partial charge is 0.292 e. The van der Waals surface area contributed by atoms with Crippen molar-refractivity contribution < 1.29 is 14.0 Å². The molecule has 2 aromatic rings. The number of hydrogen-bond donors (Lipinski definition) is 2. The number of ketones is 1. The first-order chi connectivity index (χ1) is 10.9. The highest BCUT2D eigenvalue weighted by molar-refractivity contribution is 9.10. The number of allylic oxidation sites excluding steroid dienone is 1. The molecule has 2 aliphatic rings. The maximum atomic E-state index is 12.9. The molecule has 7 heteroatoms. The standard InChI is InChI=1S/C16H12BrN3O3/c1-6-11(7(2)21)16(14(22)19-6)10-5-8(17)3-4-9(10)12-13(16)20-15(18)23-12/h3-5H,1-2H3,(H2,18,20)(H,19,22)/t16-/m1/s1. The maximum Gasteiger partial charge on any atom is 0.292 e. The van der Waals surface area contributed by atoms with E-state index in [2.05, 4.69) is 26.2 Å². The zero-order valence-corrected chi connectivity index (χ0v) is 13.9. The molecule has 0 saturated carbocycles. The summed E-state index contributed by atoms with van der Waals surface area (Å²) in [5.74, 6) is -0.0682. The van der Waals surface area contributed by atoms with E-state index < -0.39 is 5.41 Å². The Morgan fingerprint density at radius 3 is 2.87 bits per heavy atom. The number of rotatable bonds is 1. The topological polar surface area (TPSA) is 98.2 Å². The zero-order valence-electron chi connectivity index (χ0n) is 12.4. The van der Waals surface area contributed by atoms with E-state index in [1.807, 2.05) is 18.2 Å². The number of nitrogens with zero attached hydrogens (tertiary/aromatic N) is 1. The number of aromatic nitrogens is 1. The zero-order chi connectivity index (χ0) is 16.5. The molecule has 23 heavy (non-hydrogen) atoms. The molecule has 1 amide bonds. The molecule has 0 radical (unpaired) electrons. The molecule has 3 N–H and O–H groups in total. The average molecular weight is 374 g/mol. The second-order valence-electron chi connectivity index (χ2n) is 5.68. The van der Waals surface area contributed by atoms with Crippen molar-refractivity contribution in [3.05, 3.63) is 45.2 Å². The first-order valence-electron chi connectivity index (χ1n) is 6.98. The summed E-state index contributed by atoms with van der Waals surface area (Å²) >= 11 is 3.43. The van der Waals surface area contributed by atoms with Crippen LogP contribution in [-0.2, 0) is 15.0 Å². The van der Waals surface area contributed by atoms with Crippen molar-refractivity contribution in [1.29, 1.82) is 0 Å². The van der Waals surface area contributed by atoms with Gasteiger partial charge >= 0.3 is 0 Å². The summed E-state index contributed by atoms with van der Waals surface area (Å²) in [6.07, 6.45) is 0. The van der Waals surface area contributed by atoms with Gasteiger partial charge in [0.2, 0.25) is 5.91 Å². The first kappa shape index (κ1) is 14.2. The van der Waals surface area contributed by atoms with E-state index in [-0.39, 0.29) is 17.7 Å². The molecular weight excluding hydrogens is 362 g/mol. The first-order valence-corrected chi connectivity index (χ1v) is 7.77. The van der Waals surface area contributed by atoms with Gasteiger partial charge in [0.15, 0.2) is 17.0 Å². The van der Waals surface area contributed by atoms with Crippen LogP contribution in [-0.4, -0.2) is 16.7 Å². The van der Waals surface area contributed by atoms with Crippen molar-refractivity contribution in [2.75, 3.05) is 5.73 Å². The molecule has 0 unspecified atom stereocenters. The van der Waals surface area contributed by atoms with Crippen molar-refractivity contribution in [2.45, 2.75) is 19.3 Å². The molecule has 4 rings (SSSR count). The van der Waals surface area contributed by atoms with Gasteiger partial charge < -0.3 is 15.5 Å². The Balaban J connectivity index is 2.19. The second kappa shape index (κ2) is 4.32. The third kappa shape index (κ3) is 1.55. The van der Waals surface area contributed by atoms with E-state index in [1.54, 1.807) is 6.92 Å². The number of nitrogens with one attached hydrogen (secondary N) is 1. The van der Waals surface area contributed by atoms with Gasteiger partial charge in [-0.25, -0.2) is 0 Å². The van der Waals surface area contributed by atoms with Crippen LogP contribution in [0.25, 0.3) is 11.3 Å². The fourth-order valence-corrected chi connectivity index (χ4v) is 4.02. The number of halogens is 1. The highest BCUT2D eigenvalue weighted by Crippen LogP contribution is 2.56. The summed E-state index contributed by atoms with van der Waals surface area (Å²) in [5, 5.41) is 2.77. The molecule has 1 atom stereocenters. The van der Waals surface area contributed by atoms with E-state index in [9.17, 15) is 9.59 Å². The number of carbonyl (C=O) groups excluding carboxylic acids is 2. The molecule has 1 aromatic carbocycles. The fourth-order valence-electron chi connectivity index (χ4n) is 3.66. The van der Waals surface area contributed by atoms with Gasteiger partial charge in [0.1, 0.15) is 5.69 Å². The van der Waals surface area contributed by atoms with Crippen LogP contribution >= 0.6 is 15.9 Å². The minimum absolute atomic E-state index is 0.0248. The van der Waals surface area contributed by atoms with E-state index in [4.69, 9.17) is 10.2 Å². The Labute approximate surface area is 139 Å². The molecular formula is C16H12BrN3O3. The molecule has 1 spiro atoms. The molecule has 1 aliphatic carbocycles. The lowest BCUT2D eigenvalue weighted by atomic mass is 9.73. The van der Waals surface area contributed by atoms with Crippen LogP contribution in [0.1, 0.15) is 25.1 Å². The van der Waals surface area contributed by atoms with Gasteiger partial charge in [0, 0.05) is 21.3 Å². The summed E-state index contributed by atoms with van der Waals surface area (Å²) in [7, 11) is 0. The molecule has 1 aromatic heterocycles. The number of Topliss-reactive ketones (excluding diaryl/α,β-unsaturated/α-hetero) is 1. The SMILES string of the molecule is CC(=O)C1=C(C)NC(=O)[C@]12c1cc(Br)ccc1-c1oc(N)nc12. The molecule has 116 valence electrons. The van der Waals surface area contributed by atoms with Crippen molar-refractivity contribution >= 4 is 33.6 Å². The Bertz CT molecular complexity index is 944. The van der Waals surface area contributed by atoms with Crippen LogP contribution < -0.4 is 11.1 Å². The Hall–Kier alpha value is -2.41. The van der Waals surface area contributed by atoms with Crippen LogP contribution in [0, 0.1) is 0 Å². The number of fused-ring (bicyclic) bond motifs is 5. The minimum atomic E-state index is -1.30. The van der Waals surface area contributed by atoms with Gasteiger partial charge in [0.25, 0.3) is 6.01 Å². The Morgan fingerprint density at radius 1 is 1.43 bits per heavy atom. The Kier molecular flexibility index (Phi) is 2.67. The van der Waals surface area contributed by atoms with Gasteiger partial charge in [-0.15, -0.1) is 0 Å². The fraction of sp³-hybridized carbons (Fsp3) is 0.188. The number of anilines is 1. The highest BCUT2D eigenvalue weighted by atomic mass is 79.9. The van der Waals surface area contributed by atoms with E-state index in [0.29, 0.717) is 28.3 Å². The number of amides is 1. The van der Waals surface area contributed by atoms with Crippen LogP contribution in [0.3, 0.4) is 0 Å². The number of carbonyl (C=O) groups is 2. The largest absolute Gasteiger partial charge is 0.423 e. The van der Waals surface area contributed by atoms with Crippen molar-refractivity contribution in [3.63, 3.8) is 0 Å². The van der Waals surface area contributed by atoms with E-state index in [1.165, 1.54) is 6.92 Å². The minimum Gasteiger partial charge on any atom is -0.423 e. The quantitative estimate of drug-likeness (QED) is 0.798. The summed E-state index contributed by atoms with van der Waals surface area (Å²) in [4.78, 5) is 29.5. The molecule has 6 nitrogen and oxygen atoms in total. The van der Waals surface area contributed by atoms with Crippen LogP contribution in [0.2, 0.25) is 0 Å². The third-order valence-electron chi connectivity index (χ3n) is 4.37. The highest BCUT2D eigenvalue weighted by Gasteiger charge is 2.60. The predicted molar refractivity (Wildman–Crippen MR) is 86.4 cm³/mol. The van der Waals surface area contributed by atoms with Gasteiger partial charge in [-0.05, 0) is 37.6 Å². The number of nitrogen functional groups attached to an aromatic ring is 1. The summed E-state index contributed by atoms with van der Waals surface area (Å²) in [6, 6.07) is 5.47. The van der Waals surface area contributed by atoms with Gasteiger partial charge in [-0.2, -0.15) is 4.98 Å². The molecule has 0 saturated heterocycles. The van der Waals surface area contributed by atoms with Crippen LogP contribution in [0.15, 0.2) is 38.4 Å². The Morgan fingerprint density at radius 2 is 2.17 bits per heavy atom. The van der Waals surface area contributed by atoms with Crippen molar-refractivity contribution in [2.24, 2.45) is 0 Å². The summed E-state index contributed by atoms with van der Waals surface area (Å²) < 4.78 is 6.33. The van der Waals surface area contributed by atoms with Gasteiger partial charge in [0.05, 0.1) is 0 Å². The van der Waals surface area contributed by atoms with Gasteiger partial charge in [-0.3, -0.25) is 9.59 Å². The molecule has 1 aliphatic heterocycles. The third-order valence-corrected chi connectivity index (χ3v) is 4.87. The van der Waals surface area contributed by atoms with Gasteiger partial charge in [-0.1, -0.05) is 15.9 Å².